The van der Waals surface area contributed by atoms with Crippen molar-refractivity contribution in [3.05, 3.63) is 22.4 Å². The second kappa shape index (κ2) is 8.36. The number of hydrogen-bond acceptors (Lipinski definition) is 1. The standard InChI is InChI=1S/C9H10S.C2H6/c1-2-3-4-6-9-7-5-8-10-9;1-2/h5,7-8H,2-3H2,1H3;1-2H3. The molecule has 0 unspecified atom stereocenters. The number of rotatable bonds is 1. The van der Waals surface area contributed by atoms with E-state index >= 15 is 0 Å². The van der Waals surface area contributed by atoms with Gasteiger partial charge in [-0.1, -0.05) is 38.7 Å². The Morgan fingerprint density at radius 2 is 2.17 bits per heavy atom. The summed E-state index contributed by atoms with van der Waals surface area (Å²) in [5, 5.41) is 2.05. The first-order chi connectivity index (χ1) is 5.93. The second-order valence-electron chi connectivity index (χ2n) is 2.03. The number of hydrogen-bond donors (Lipinski definition) is 0. The number of unbranched alkanes of at least 4 members (excludes halogenated alkanes) is 1. The smallest absolute Gasteiger partial charge is 0.0768 e. The maximum atomic E-state index is 3.10. The van der Waals surface area contributed by atoms with Gasteiger partial charge in [-0.15, -0.1) is 11.3 Å². The fourth-order valence-corrected chi connectivity index (χ4v) is 1.22. The summed E-state index contributed by atoms with van der Waals surface area (Å²) >= 11 is 1.70. The monoisotopic (exact) mass is 180 g/mol. The average molecular weight is 180 g/mol. The van der Waals surface area contributed by atoms with Crippen molar-refractivity contribution in [1.29, 1.82) is 0 Å². The van der Waals surface area contributed by atoms with Gasteiger partial charge >= 0.3 is 0 Å². The third-order valence-electron chi connectivity index (χ3n) is 1.11. The molecule has 12 heavy (non-hydrogen) atoms. The largest absolute Gasteiger partial charge is 0.135 e. The van der Waals surface area contributed by atoms with Crippen LogP contribution in [0.15, 0.2) is 17.5 Å². The van der Waals surface area contributed by atoms with Gasteiger partial charge in [-0.3, -0.25) is 0 Å². The summed E-state index contributed by atoms with van der Waals surface area (Å²) in [6.45, 7) is 6.14. The van der Waals surface area contributed by atoms with Crippen molar-refractivity contribution < 1.29 is 0 Å². The van der Waals surface area contributed by atoms with Crippen LogP contribution in [-0.4, -0.2) is 0 Å². The van der Waals surface area contributed by atoms with Crippen LogP contribution in [0.2, 0.25) is 0 Å². The fraction of sp³-hybridized carbons (Fsp3) is 0.455. The molecule has 0 atom stereocenters. The van der Waals surface area contributed by atoms with E-state index in [1.54, 1.807) is 11.3 Å². The van der Waals surface area contributed by atoms with Crippen LogP contribution in [0.1, 0.15) is 38.5 Å². The highest BCUT2D eigenvalue weighted by Crippen LogP contribution is 2.05. The molecule has 1 heteroatoms. The van der Waals surface area contributed by atoms with E-state index in [1.165, 1.54) is 4.88 Å². The van der Waals surface area contributed by atoms with Crippen LogP contribution in [0.3, 0.4) is 0 Å². The topological polar surface area (TPSA) is 0 Å². The lowest BCUT2D eigenvalue weighted by Crippen LogP contribution is -1.62. The molecular weight excluding hydrogens is 164 g/mol. The Hall–Kier alpha value is -0.740. The molecule has 0 aliphatic rings. The lowest BCUT2D eigenvalue weighted by atomic mass is 10.3. The van der Waals surface area contributed by atoms with E-state index in [4.69, 9.17) is 0 Å². The van der Waals surface area contributed by atoms with Gasteiger partial charge in [0.15, 0.2) is 0 Å². The minimum atomic E-state index is 1.01. The summed E-state index contributed by atoms with van der Waals surface area (Å²) in [6.07, 6.45) is 2.16. The van der Waals surface area contributed by atoms with Crippen molar-refractivity contribution in [3.8, 4) is 11.8 Å². The molecule has 0 saturated carbocycles. The van der Waals surface area contributed by atoms with E-state index in [1.807, 2.05) is 26.0 Å². The van der Waals surface area contributed by atoms with Crippen LogP contribution < -0.4 is 0 Å². The lowest BCUT2D eigenvalue weighted by Gasteiger charge is -1.77. The summed E-state index contributed by atoms with van der Waals surface area (Å²) in [4.78, 5) is 1.17. The molecule has 0 aliphatic heterocycles. The van der Waals surface area contributed by atoms with E-state index in [2.05, 4.69) is 24.1 Å². The van der Waals surface area contributed by atoms with Crippen LogP contribution in [-0.2, 0) is 0 Å². The van der Waals surface area contributed by atoms with Crippen LogP contribution in [0.25, 0.3) is 0 Å². The molecule has 0 aliphatic carbocycles. The highest BCUT2D eigenvalue weighted by Gasteiger charge is 1.82. The van der Waals surface area contributed by atoms with Gasteiger partial charge in [0.25, 0.3) is 0 Å². The fourth-order valence-electron chi connectivity index (χ4n) is 0.624. The second-order valence-corrected chi connectivity index (χ2v) is 2.98. The zero-order chi connectivity index (χ0) is 9.23. The predicted octanol–water partition coefficient (Wildman–Crippen LogP) is 3.93. The molecule has 1 rings (SSSR count). The quantitative estimate of drug-likeness (QED) is 0.574. The molecular formula is C11H16S. The van der Waals surface area contributed by atoms with Crippen LogP contribution >= 0.6 is 11.3 Å². The van der Waals surface area contributed by atoms with Crippen molar-refractivity contribution in [1.82, 2.24) is 0 Å². The molecule has 1 aromatic rings. The first kappa shape index (κ1) is 11.3. The van der Waals surface area contributed by atoms with Crippen molar-refractivity contribution in [3.63, 3.8) is 0 Å². The minimum Gasteiger partial charge on any atom is -0.135 e. The highest BCUT2D eigenvalue weighted by atomic mass is 32.1. The Balaban J connectivity index is 0.000000561. The van der Waals surface area contributed by atoms with Crippen LogP contribution in [0, 0.1) is 11.8 Å². The zero-order valence-electron chi connectivity index (χ0n) is 8.05. The maximum Gasteiger partial charge on any atom is 0.0768 e. The van der Waals surface area contributed by atoms with Gasteiger partial charge in [0.05, 0.1) is 4.88 Å². The zero-order valence-corrected chi connectivity index (χ0v) is 8.87. The number of thiophene rings is 1. The summed E-state index contributed by atoms with van der Waals surface area (Å²) in [5.74, 6) is 6.19. The minimum absolute atomic E-state index is 1.01. The van der Waals surface area contributed by atoms with E-state index in [-0.39, 0.29) is 0 Å². The lowest BCUT2D eigenvalue weighted by molar-refractivity contribution is 0.983. The Morgan fingerprint density at radius 3 is 2.67 bits per heavy atom. The Kier molecular flexibility index (Phi) is 7.84. The van der Waals surface area contributed by atoms with E-state index in [9.17, 15) is 0 Å². The van der Waals surface area contributed by atoms with Crippen molar-refractivity contribution >= 4 is 11.3 Å². The average Bonchev–Trinajstić information content (AvgIpc) is 2.61. The van der Waals surface area contributed by atoms with Gasteiger partial charge in [0.1, 0.15) is 0 Å². The van der Waals surface area contributed by atoms with Crippen molar-refractivity contribution in [2.75, 3.05) is 0 Å². The van der Waals surface area contributed by atoms with Crippen LogP contribution in [0.5, 0.6) is 0 Å². The SMILES string of the molecule is CC.CCCC#Cc1cccs1. The molecule has 1 aromatic heterocycles. The molecule has 0 bridgehead atoms. The van der Waals surface area contributed by atoms with Gasteiger partial charge in [0, 0.05) is 6.42 Å². The molecule has 0 radical (unpaired) electrons. The van der Waals surface area contributed by atoms with Gasteiger partial charge in [-0.05, 0) is 17.9 Å². The van der Waals surface area contributed by atoms with Crippen molar-refractivity contribution in [2.24, 2.45) is 0 Å². The van der Waals surface area contributed by atoms with E-state index < -0.39 is 0 Å². The molecule has 0 spiro atoms. The summed E-state index contributed by atoms with van der Waals surface area (Å²) in [5.41, 5.74) is 0. The summed E-state index contributed by atoms with van der Waals surface area (Å²) in [6, 6.07) is 4.08. The molecule has 66 valence electrons. The third-order valence-corrected chi connectivity index (χ3v) is 1.89. The van der Waals surface area contributed by atoms with E-state index in [0.717, 1.165) is 12.8 Å². The molecule has 0 aromatic carbocycles. The Morgan fingerprint density at radius 1 is 1.42 bits per heavy atom. The molecule has 1 heterocycles. The molecule has 0 amide bonds. The molecule has 0 fully saturated rings. The van der Waals surface area contributed by atoms with Crippen LogP contribution in [0.4, 0.5) is 0 Å². The summed E-state index contributed by atoms with van der Waals surface area (Å²) < 4.78 is 0. The maximum absolute atomic E-state index is 3.10. The normalized spacial score (nSPS) is 7.58. The molecule has 0 saturated heterocycles. The highest BCUT2D eigenvalue weighted by molar-refractivity contribution is 7.10. The van der Waals surface area contributed by atoms with E-state index in [0.29, 0.717) is 0 Å². The van der Waals surface area contributed by atoms with Gasteiger partial charge in [-0.25, -0.2) is 0 Å². The molecule has 0 N–H and O–H groups in total. The first-order valence-corrected chi connectivity index (χ1v) is 5.34. The predicted molar refractivity (Wildman–Crippen MR) is 57.5 cm³/mol. The van der Waals surface area contributed by atoms with Gasteiger partial charge < -0.3 is 0 Å². The molecule has 0 nitrogen and oxygen atoms in total. The van der Waals surface area contributed by atoms with Gasteiger partial charge in [-0.2, -0.15) is 0 Å². The Bertz CT molecular complexity index is 223. The van der Waals surface area contributed by atoms with Gasteiger partial charge in [0.2, 0.25) is 0 Å². The Labute approximate surface area is 79.6 Å². The van der Waals surface area contributed by atoms with Crippen molar-refractivity contribution in [2.45, 2.75) is 33.6 Å². The summed E-state index contributed by atoms with van der Waals surface area (Å²) in [7, 11) is 0. The third kappa shape index (κ3) is 4.98. The first-order valence-electron chi connectivity index (χ1n) is 4.46.